The van der Waals surface area contributed by atoms with Gasteiger partial charge in [0.25, 0.3) is 0 Å². The van der Waals surface area contributed by atoms with Crippen LogP contribution in [0, 0.1) is 5.92 Å². The van der Waals surface area contributed by atoms with Gasteiger partial charge in [0.15, 0.2) is 0 Å². The van der Waals surface area contributed by atoms with Crippen LogP contribution in [0.25, 0.3) is 0 Å². The first kappa shape index (κ1) is 7.50. The van der Waals surface area contributed by atoms with Crippen molar-refractivity contribution in [2.24, 2.45) is 11.7 Å². The normalized spacial score (nSPS) is 21.7. The number of carboxylic acids is 1. The number of hydrogen-bond acceptors (Lipinski definition) is 3. The largest absolute Gasteiger partial charge is 0.480 e. The van der Waals surface area contributed by atoms with Gasteiger partial charge >= 0.3 is 5.97 Å². The highest BCUT2D eigenvalue weighted by Gasteiger charge is 2.24. The molecule has 0 amide bonds. The van der Waals surface area contributed by atoms with Crippen LogP contribution in [0.1, 0.15) is 6.42 Å². The highest BCUT2D eigenvalue weighted by atomic mass is 16.5. The van der Waals surface area contributed by atoms with Crippen molar-refractivity contribution in [3.63, 3.8) is 0 Å². The SMILES string of the molecule is N[C@@H](CC1COC1)C(=O)O. The Labute approximate surface area is 59.0 Å². The minimum Gasteiger partial charge on any atom is -0.480 e. The van der Waals surface area contributed by atoms with E-state index in [-0.39, 0.29) is 0 Å². The van der Waals surface area contributed by atoms with Crippen molar-refractivity contribution in [1.82, 2.24) is 0 Å². The molecule has 0 radical (unpaired) electrons. The average molecular weight is 145 g/mol. The van der Waals surface area contributed by atoms with Crippen LogP contribution in [0.2, 0.25) is 0 Å². The van der Waals surface area contributed by atoms with Crippen LogP contribution in [0.4, 0.5) is 0 Å². The number of aliphatic carboxylic acids is 1. The molecule has 58 valence electrons. The summed E-state index contributed by atoms with van der Waals surface area (Å²) in [4.78, 5) is 10.2. The lowest BCUT2D eigenvalue weighted by Crippen LogP contribution is -2.38. The Balaban J connectivity index is 2.16. The predicted molar refractivity (Wildman–Crippen MR) is 34.5 cm³/mol. The van der Waals surface area contributed by atoms with Crippen molar-refractivity contribution < 1.29 is 14.6 Å². The van der Waals surface area contributed by atoms with Gasteiger partial charge in [-0.2, -0.15) is 0 Å². The fourth-order valence-corrected chi connectivity index (χ4v) is 0.881. The molecule has 1 aliphatic heterocycles. The number of rotatable bonds is 3. The van der Waals surface area contributed by atoms with E-state index in [1.807, 2.05) is 0 Å². The second-order valence-electron chi connectivity index (χ2n) is 2.58. The van der Waals surface area contributed by atoms with E-state index in [9.17, 15) is 4.79 Å². The van der Waals surface area contributed by atoms with Crippen LogP contribution in [-0.2, 0) is 9.53 Å². The monoisotopic (exact) mass is 145 g/mol. The van der Waals surface area contributed by atoms with Crippen LogP contribution < -0.4 is 5.73 Å². The maximum Gasteiger partial charge on any atom is 0.320 e. The Morgan fingerprint density at radius 2 is 2.40 bits per heavy atom. The maximum absolute atomic E-state index is 10.2. The van der Waals surface area contributed by atoms with Crippen molar-refractivity contribution >= 4 is 5.97 Å². The van der Waals surface area contributed by atoms with Crippen LogP contribution in [0.3, 0.4) is 0 Å². The Morgan fingerprint density at radius 3 is 2.70 bits per heavy atom. The molecule has 10 heavy (non-hydrogen) atoms. The third-order valence-corrected chi connectivity index (χ3v) is 1.61. The molecular weight excluding hydrogens is 134 g/mol. The zero-order valence-corrected chi connectivity index (χ0v) is 5.62. The molecule has 0 bridgehead atoms. The summed E-state index contributed by atoms with van der Waals surface area (Å²) >= 11 is 0. The number of carboxylic acid groups (broad SMARTS) is 1. The molecule has 0 aromatic carbocycles. The molecule has 0 saturated carbocycles. The second kappa shape index (κ2) is 2.98. The van der Waals surface area contributed by atoms with E-state index >= 15 is 0 Å². The van der Waals surface area contributed by atoms with Gasteiger partial charge in [-0.1, -0.05) is 0 Å². The van der Waals surface area contributed by atoms with Gasteiger partial charge in [-0.15, -0.1) is 0 Å². The molecule has 0 aromatic rings. The van der Waals surface area contributed by atoms with E-state index in [2.05, 4.69) is 0 Å². The van der Waals surface area contributed by atoms with Gasteiger partial charge in [-0.05, 0) is 6.42 Å². The van der Waals surface area contributed by atoms with E-state index in [0.29, 0.717) is 25.6 Å². The summed E-state index contributed by atoms with van der Waals surface area (Å²) in [6, 6.07) is -0.714. The van der Waals surface area contributed by atoms with Crippen LogP contribution in [-0.4, -0.2) is 30.3 Å². The van der Waals surface area contributed by atoms with E-state index in [1.165, 1.54) is 0 Å². The lowest BCUT2D eigenvalue weighted by molar-refractivity contribution is -0.140. The van der Waals surface area contributed by atoms with E-state index in [0.717, 1.165) is 0 Å². The maximum atomic E-state index is 10.2. The topological polar surface area (TPSA) is 72.5 Å². The molecule has 3 N–H and O–H groups in total. The minimum absolute atomic E-state index is 0.367. The Hall–Kier alpha value is -0.610. The highest BCUT2D eigenvalue weighted by molar-refractivity contribution is 5.73. The van der Waals surface area contributed by atoms with E-state index in [1.54, 1.807) is 0 Å². The molecule has 1 rings (SSSR count). The van der Waals surface area contributed by atoms with Gasteiger partial charge in [0.1, 0.15) is 6.04 Å². The molecule has 1 saturated heterocycles. The zero-order valence-electron chi connectivity index (χ0n) is 5.62. The lowest BCUT2D eigenvalue weighted by Gasteiger charge is -2.26. The summed E-state index contributed by atoms with van der Waals surface area (Å²) in [7, 11) is 0. The highest BCUT2D eigenvalue weighted by Crippen LogP contribution is 2.15. The summed E-state index contributed by atoms with van der Waals surface area (Å²) < 4.78 is 4.87. The van der Waals surface area contributed by atoms with E-state index < -0.39 is 12.0 Å². The average Bonchev–Trinajstić information content (AvgIpc) is 1.77. The Morgan fingerprint density at radius 1 is 1.80 bits per heavy atom. The summed E-state index contributed by atoms with van der Waals surface area (Å²) in [5.74, 6) is -0.557. The molecule has 4 heteroatoms. The first-order valence-corrected chi connectivity index (χ1v) is 3.26. The predicted octanol–water partition coefficient (Wildman–Crippen LogP) is -0.565. The molecule has 1 fully saturated rings. The third-order valence-electron chi connectivity index (χ3n) is 1.61. The van der Waals surface area contributed by atoms with Crippen LogP contribution in [0.15, 0.2) is 0 Å². The molecule has 1 aliphatic rings. The standard InChI is InChI=1S/C6H11NO3/c7-5(6(8)9)1-4-2-10-3-4/h4-5H,1-3,7H2,(H,8,9)/t5-/m0/s1. The van der Waals surface area contributed by atoms with Crippen molar-refractivity contribution in [2.45, 2.75) is 12.5 Å². The third kappa shape index (κ3) is 1.68. The molecule has 0 unspecified atom stereocenters. The number of carbonyl (C=O) groups is 1. The molecule has 0 aromatic heterocycles. The summed E-state index contributed by atoms with van der Waals surface area (Å²) in [5.41, 5.74) is 5.27. The van der Waals surface area contributed by atoms with Gasteiger partial charge in [-0.3, -0.25) is 4.79 Å². The first-order chi connectivity index (χ1) is 4.70. The van der Waals surface area contributed by atoms with E-state index in [4.69, 9.17) is 15.6 Å². The quantitative estimate of drug-likeness (QED) is 0.558. The lowest BCUT2D eigenvalue weighted by atomic mass is 9.99. The fraction of sp³-hybridized carbons (Fsp3) is 0.833. The van der Waals surface area contributed by atoms with Crippen LogP contribution >= 0.6 is 0 Å². The van der Waals surface area contributed by atoms with Crippen molar-refractivity contribution in [2.75, 3.05) is 13.2 Å². The van der Waals surface area contributed by atoms with Crippen molar-refractivity contribution in [3.05, 3.63) is 0 Å². The van der Waals surface area contributed by atoms with Gasteiger partial charge < -0.3 is 15.6 Å². The number of hydrogen-bond donors (Lipinski definition) is 2. The van der Waals surface area contributed by atoms with Gasteiger partial charge in [0.2, 0.25) is 0 Å². The molecule has 0 spiro atoms. The number of ether oxygens (including phenoxy) is 1. The Bertz CT molecular complexity index is 133. The van der Waals surface area contributed by atoms with Gasteiger partial charge in [-0.25, -0.2) is 0 Å². The van der Waals surface area contributed by atoms with Crippen LogP contribution in [0.5, 0.6) is 0 Å². The minimum atomic E-state index is -0.924. The summed E-state index contributed by atoms with van der Waals surface area (Å²) in [6.45, 7) is 1.34. The molecule has 4 nitrogen and oxygen atoms in total. The molecule has 0 aliphatic carbocycles. The Kier molecular flexibility index (Phi) is 2.24. The van der Waals surface area contributed by atoms with Crippen molar-refractivity contribution in [3.8, 4) is 0 Å². The zero-order chi connectivity index (χ0) is 7.56. The first-order valence-electron chi connectivity index (χ1n) is 3.26. The number of nitrogens with two attached hydrogens (primary N) is 1. The van der Waals surface area contributed by atoms with Gasteiger partial charge in [0, 0.05) is 5.92 Å². The van der Waals surface area contributed by atoms with Crippen molar-refractivity contribution in [1.29, 1.82) is 0 Å². The smallest absolute Gasteiger partial charge is 0.320 e. The molecule has 1 heterocycles. The summed E-state index contributed by atoms with van der Waals surface area (Å²) in [6.07, 6.45) is 0.537. The summed E-state index contributed by atoms with van der Waals surface area (Å²) in [5, 5.41) is 8.38. The van der Waals surface area contributed by atoms with Gasteiger partial charge in [0.05, 0.1) is 13.2 Å². The molecular formula is C6H11NO3. The fourth-order valence-electron chi connectivity index (χ4n) is 0.881. The molecule has 1 atom stereocenters. The second-order valence-corrected chi connectivity index (χ2v) is 2.58.